The van der Waals surface area contributed by atoms with Crippen LogP contribution < -0.4 is 0 Å². The topological polar surface area (TPSA) is 38.0 Å². The number of aromatic nitrogens is 2. The number of alkyl halides is 3. The summed E-state index contributed by atoms with van der Waals surface area (Å²) in [5.74, 6) is -1.79. The second kappa shape index (κ2) is 5.66. The molecule has 3 aromatic rings. The Morgan fingerprint density at radius 1 is 1.04 bits per heavy atom. The maximum Gasteiger partial charge on any atom is 0.449 e. The number of hydrogen-bond donors (Lipinski definition) is 1. The van der Waals surface area contributed by atoms with E-state index in [0.717, 1.165) is 10.6 Å². The maximum atomic E-state index is 13.7. The molecule has 0 aliphatic carbocycles. The molecule has 0 saturated carbocycles. The summed E-state index contributed by atoms with van der Waals surface area (Å²) in [5, 5.41) is 10.2. The first-order valence-electron chi connectivity index (χ1n) is 6.83. The molecule has 1 aromatic heterocycles. The van der Waals surface area contributed by atoms with Crippen LogP contribution in [0, 0.1) is 5.82 Å². The van der Waals surface area contributed by atoms with Crippen molar-refractivity contribution < 1.29 is 22.7 Å². The predicted molar refractivity (Wildman–Crippen MR) is 76.1 cm³/mol. The number of aliphatic hydroxyl groups is 1. The number of para-hydroxylation sites is 2. The first kappa shape index (κ1) is 15.5. The van der Waals surface area contributed by atoms with Crippen LogP contribution in [0.15, 0.2) is 48.5 Å². The molecular formula is C16H12F4N2O. The highest BCUT2D eigenvalue weighted by atomic mass is 19.4. The maximum absolute atomic E-state index is 13.7. The lowest BCUT2D eigenvalue weighted by Gasteiger charge is -2.16. The second-order valence-electron chi connectivity index (χ2n) is 5.07. The molecule has 2 aromatic carbocycles. The Morgan fingerprint density at radius 3 is 2.39 bits per heavy atom. The number of benzene rings is 2. The molecule has 0 aliphatic rings. The summed E-state index contributed by atoms with van der Waals surface area (Å²) in [4.78, 5) is 3.59. The molecule has 0 spiro atoms. The number of nitrogens with zero attached hydrogens (tertiary/aromatic N) is 2. The Bertz CT molecular complexity index is 841. The van der Waals surface area contributed by atoms with Crippen LogP contribution in [-0.4, -0.2) is 14.7 Å². The average Bonchev–Trinajstić information content (AvgIpc) is 2.87. The fourth-order valence-corrected chi connectivity index (χ4v) is 2.49. The smallest absolute Gasteiger partial charge is 0.386 e. The lowest BCUT2D eigenvalue weighted by atomic mass is 10.1. The minimum atomic E-state index is -4.67. The zero-order chi connectivity index (χ0) is 16.6. The van der Waals surface area contributed by atoms with Gasteiger partial charge in [0, 0.05) is 5.56 Å². The van der Waals surface area contributed by atoms with Crippen molar-refractivity contribution in [2.24, 2.45) is 0 Å². The number of imidazole rings is 1. The number of fused-ring (bicyclic) bond motifs is 1. The van der Waals surface area contributed by atoms with Crippen molar-refractivity contribution in [1.29, 1.82) is 0 Å². The van der Waals surface area contributed by atoms with Crippen LogP contribution in [0.1, 0.15) is 17.5 Å². The van der Waals surface area contributed by atoms with E-state index in [1.165, 1.54) is 30.3 Å². The van der Waals surface area contributed by atoms with Gasteiger partial charge in [-0.05, 0) is 18.2 Å². The Morgan fingerprint density at radius 2 is 1.70 bits per heavy atom. The van der Waals surface area contributed by atoms with Gasteiger partial charge in [-0.2, -0.15) is 13.2 Å². The van der Waals surface area contributed by atoms with Gasteiger partial charge < -0.3 is 9.67 Å². The van der Waals surface area contributed by atoms with E-state index in [0.29, 0.717) is 0 Å². The number of halogens is 4. The summed E-state index contributed by atoms with van der Waals surface area (Å²) < 4.78 is 54.1. The van der Waals surface area contributed by atoms with Gasteiger partial charge in [0.05, 0.1) is 23.7 Å². The van der Waals surface area contributed by atoms with Crippen LogP contribution in [0.4, 0.5) is 17.6 Å². The molecule has 7 heteroatoms. The van der Waals surface area contributed by atoms with Crippen molar-refractivity contribution in [2.45, 2.75) is 18.8 Å². The van der Waals surface area contributed by atoms with Crippen LogP contribution in [0.25, 0.3) is 11.0 Å². The van der Waals surface area contributed by atoms with E-state index in [9.17, 15) is 22.7 Å². The largest absolute Gasteiger partial charge is 0.449 e. The monoisotopic (exact) mass is 324 g/mol. The highest BCUT2D eigenvalue weighted by Gasteiger charge is 2.38. The van der Waals surface area contributed by atoms with Gasteiger partial charge in [-0.1, -0.05) is 30.3 Å². The highest BCUT2D eigenvalue weighted by Crippen LogP contribution is 2.33. The van der Waals surface area contributed by atoms with Crippen molar-refractivity contribution in [3.05, 3.63) is 65.7 Å². The third-order valence-electron chi connectivity index (χ3n) is 3.53. The van der Waals surface area contributed by atoms with E-state index < -0.39 is 30.5 Å². The van der Waals surface area contributed by atoms with Gasteiger partial charge in [0.25, 0.3) is 0 Å². The van der Waals surface area contributed by atoms with Gasteiger partial charge in [0.1, 0.15) is 5.82 Å². The number of aliphatic hydroxyl groups excluding tert-OH is 1. The van der Waals surface area contributed by atoms with E-state index in [1.807, 2.05) is 0 Å². The molecule has 0 radical (unpaired) electrons. The molecule has 0 amide bonds. The Hall–Kier alpha value is -2.41. The first-order chi connectivity index (χ1) is 10.9. The number of hydrogen-bond acceptors (Lipinski definition) is 2. The highest BCUT2D eigenvalue weighted by molar-refractivity contribution is 5.76. The van der Waals surface area contributed by atoms with Crippen molar-refractivity contribution in [3.8, 4) is 0 Å². The molecule has 23 heavy (non-hydrogen) atoms. The molecule has 1 unspecified atom stereocenters. The Labute approximate surface area is 128 Å². The van der Waals surface area contributed by atoms with Gasteiger partial charge in [0.2, 0.25) is 5.82 Å². The van der Waals surface area contributed by atoms with E-state index in [1.54, 1.807) is 12.1 Å². The quantitative estimate of drug-likeness (QED) is 0.741. The Kier molecular flexibility index (Phi) is 3.81. The lowest BCUT2D eigenvalue weighted by Crippen LogP contribution is -2.18. The first-order valence-corrected chi connectivity index (χ1v) is 6.83. The van der Waals surface area contributed by atoms with Crippen molar-refractivity contribution in [2.75, 3.05) is 0 Å². The van der Waals surface area contributed by atoms with Crippen LogP contribution in [0.2, 0.25) is 0 Å². The van der Waals surface area contributed by atoms with Crippen LogP contribution >= 0.6 is 0 Å². The zero-order valence-electron chi connectivity index (χ0n) is 11.8. The molecule has 1 N–H and O–H groups in total. The van der Waals surface area contributed by atoms with E-state index in [2.05, 4.69) is 4.98 Å². The zero-order valence-corrected chi connectivity index (χ0v) is 11.8. The third-order valence-corrected chi connectivity index (χ3v) is 3.53. The molecule has 3 rings (SSSR count). The normalized spacial score (nSPS) is 13.4. The molecule has 0 saturated heterocycles. The summed E-state index contributed by atoms with van der Waals surface area (Å²) >= 11 is 0. The van der Waals surface area contributed by atoms with Gasteiger partial charge >= 0.3 is 6.18 Å². The van der Waals surface area contributed by atoms with E-state index >= 15 is 0 Å². The minimum Gasteiger partial charge on any atom is -0.386 e. The van der Waals surface area contributed by atoms with Crippen LogP contribution in [0.5, 0.6) is 0 Å². The molecule has 1 atom stereocenters. The average molecular weight is 324 g/mol. The molecule has 0 bridgehead atoms. The summed E-state index contributed by atoms with van der Waals surface area (Å²) in [6.45, 7) is -0.448. The van der Waals surface area contributed by atoms with E-state index in [-0.39, 0.29) is 16.6 Å². The van der Waals surface area contributed by atoms with Gasteiger partial charge in [0.15, 0.2) is 0 Å². The third kappa shape index (κ3) is 2.92. The van der Waals surface area contributed by atoms with Crippen LogP contribution in [-0.2, 0) is 12.7 Å². The van der Waals surface area contributed by atoms with Crippen LogP contribution in [0.3, 0.4) is 0 Å². The van der Waals surface area contributed by atoms with E-state index in [4.69, 9.17) is 0 Å². The fraction of sp³-hybridized carbons (Fsp3) is 0.188. The predicted octanol–water partition coefficient (Wildman–Crippen LogP) is 3.93. The molecule has 1 heterocycles. The molecule has 0 fully saturated rings. The summed E-state index contributed by atoms with van der Waals surface area (Å²) in [5.41, 5.74) is 0.342. The summed E-state index contributed by atoms with van der Waals surface area (Å²) in [6.07, 6.45) is -6.09. The molecule has 0 aliphatic heterocycles. The van der Waals surface area contributed by atoms with Gasteiger partial charge in [-0.3, -0.25) is 0 Å². The SMILES string of the molecule is OC(Cn1c(C(F)(F)F)nc2ccccc21)c1ccccc1F. The van der Waals surface area contributed by atoms with Gasteiger partial charge in [-0.15, -0.1) is 0 Å². The van der Waals surface area contributed by atoms with Crippen molar-refractivity contribution in [1.82, 2.24) is 9.55 Å². The second-order valence-corrected chi connectivity index (χ2v) is 5.07. The Balaban J connectivity index is 2.07. The standard InChI is InChI=1S/C16H12F4N2O/c17-11-6-2-1-5-10(11)14(23)9-22-13-8-4-3-7-12(13)21-15(22)16(18,19)20/h1-8,14,23H,9H2. The van der Waals surface area contributed by atoms with Gasteiger partial charge in [-0.25, -0.2) is 9.37 Å². The minimum absolute atomic E-state index is 0.0570. The lowest BCUT2D eigenvalue weighted by molar-refractivity contribution is -0.147. The fourth-order valence-electron chi connectivity index (χ4n) is 2.49. The van der Waals surface area contributed by atoms with Crippen molar-refractivity contribution in [3.63, 3.8) is 0 Å². The molecular weight excluding hydrogens is 312 g/mol. The molecule has 3 nitrogen and oxygen atoms in total. The van der Waals surface area contributed by atoms with Crippen molar-refractivity contribution >= 4 is 11.0 Å². The summed E-state index contributed by atoms with van der Waals surface area (Å²) in [7, 11) is 0. The molecule has 120 valence electrons. The summed E-state index contributed by atoms with van der Waals surface area (Å²) in [6, 6.07) is 11.5. The number of rotatable bonds is 3.